The van der Waals surface area contributed by atoms with Crippen molar-refractivity contribution in [1.82, 2.24) is 0 Å². The summed E-state index contributed by atoms with van der Waals surface area (Å²) in [5.41, 5.74) is 0.951. The molecule has 0 aliphatic heterocycles. The molecular weight excluding hydrogens is 240 g/mol. The average molecular weight is 256 g/mol. The quantitative estimate of drug-likeness (QED) is 0.762. The van der Waals surface area contributed by atoms with Crippen LogP contribution in [-0.2, 0) is 0 Å². The molecule has 0 aliphatic rings. The summed E-state index contributed by atoms with van der Waals surface area (Å²) in [6, 6.07) is 15.3. The second-order valence-electron chi connectivity index (χ2n) is 3.88. The fourth-order valence-corrected chi connectivity index (χ4v) is 1.62. The minimum Gasteiger partial charge on any atom is -0.497 e. The summed E-state index contributed by atoms with van der Waals surface area (Å²) in [5, 5.41) is 0. The number of benzene rings is 2. The van der Waals surface area contributed by atoms with Crippen molar-refractivity contribution in [2.75, 3.05) is 14.2 Å². The average Bonchev–Trinajstić information content (AvgIpc) is 2.48. The van der Waals surface area contributed by atoms with E-state index in [1.807, 2.05) is 54.6 Å². The van der Waals surface area contributed by atoms with Crippen molar-refractivity contribution in [3.05, 3.63) is 60.4 Å². The van der Waals surface area contributed by atoms with E-state index in [1.54, 1.807) is 20.5 Å². The van der Waals surface area contributed by atoms with Crippen molar-refractivity contribution in [2.45, 2.75) is 0 Å². The molecular formula is C16H16O3. The second kappa shape index (κ2) is 6.50. The van der Waals surface area contributed by atoms with Crippen LogP contribution >= 0.6 is 0 Å². The third-order valence-corrected chi connectivity index (χ3v) is 2.58. The van der Waals surface area contributed by atoms with Crippen LogP contribution in [0.4, 0.5) is 0 Å². The molecule has 0 heterocycles. The molecule has 0 saturated heterocycles. The molecule has 0 aromatic heterocycles. The summed E-state index contributed by atoms with van der Waals surface area (Å²) in [5.74, 6) is 2.30. The van der Waals surface area contributed by atoms with E-state index >= 15 is 0 Å². The van der Waals surface area contributed by atoms with E-state index in [0.29, 0.717) is 0 Å². The highest BCUT2D eigenvalue weighted by atomic mass is 16.5. The molecule has 98 valence electrons. The van der Waals surface area contributed by atoms with Gasteiger partial charge in [-0.25, -0.2) is 0 Å². The zero-order valence-electron chi connectivity index (χ0n) is 11.0. The van der Waals surface area contributed by atoms with Crippen molar-refractivity contribution in [2.24, 2.45) is 0 Å². The molecule has 0 atom stereocenters. The Labute approximate surface area is 113 Å². The van der Waals surface area contributed by atoms with Crippen LogP contribution in [0.2, 0.25) is 0 Å². The van der Waals surface area contributed by atoms with Gasteiger partial charge < -0.3 is 14.2 Å². The van der Waals surface area contributed by atoms with Crippen LogP contribution in [0.15, 0.2) is 54.8 Å². The van der Waals surface area contributed by atoms with Gasteiger partial charge in [0.15, 0.2) is 0 Å². The third kappa shape index (κ3) is 3.78. The monoisotopic (exact) mass is 256 g/mol. The highest BCUT2D eigenvalue weighted by molar-refractivity contribution is 5.54. The second-order valence-corrected chi connectivity index (χ2v) is 3.88. The third-order valence-electron chi connectivity index (χ3n) is 2.58. The maximum absolute atomic E-state index is 5.49. The van der Waals surface area contributed by atoms with Gasteiger partial charge in [-0.1, -0.05) is 18.2 Å². The maximum Gasteiger partial charge on any atom is 0.126 e. The smallest absolute Gasteiger partial charge is 0.126 e. The Balaban J connectivity index is 2.10. The van der Waals surface area contributed by atoms with E-state index in [-0.39, 0.29) is 0 Å². The maximum atomic E-state index is 5.49. The van der Waals surface area contributed by atoms with Gasteiger partial charge in [-0.3, -0.25) is 0 Å². The molecule has 0 amide bonds. The van der Waals surface area contributed by atoms with Crippen LogP contribution in [0, 0.1) is 0 Å². The highest BCUT2D eigenvalue weighted by Gasteiger charge is 1.99. The Morgan fingerprint density at radius 2 is 1.42 bits per heavy atom. The van der Waals surface area contributed by atoms with Gasteiger partial charge in [0.25, 0.3) is 0 Å². The van der Waals surface area contributed by atoms with Crippen LogP contribution in [0.1, 0.15) is 5.56 Å². The van der Waals surface area contributed by atoms with Crippen molar-refractivity contribution in [3.63, 3.8) is 0 Å². The van der Waals surface area contributed by atoms with E-state index in [2.05, 4.69) is 0 Å². The molecule has 2 rings (SSSR count). The van der Waals surface area contributed by atoms with Crippen molar-refractivity contribution < 1.29 is 14.2 Å². The SMILES string of the molecule is COc1cc(/C=C/Oc2ccccc2)cc(OC)c1. The van der Waals surface area contributed by atoms with Crippen LogP contribution in [0.3, 0.4) is 0 Å². The van der Waals surface area contributed by atoms with E-state index in [4.69, 9.17) is 14.2 Å². The van der Waals surface area contributed by atoms with E-state index in [9.17, 15) is 0 Å². The molecule has 2 aromatic rings. The van der Waals surface area contributed by atoms with Gasteiger partial charge in [0, 0.05) is 6.07 Å². The minimum atomic E-state index is 0.749. The van der Waals surface area contributed by atoms with Gasteiger partial charge in [0.1, 0.15) is 17.2 Å². The van der Waals surface area contributed by atoms with E-state index < -0.39 is 0 Å². The summed E-state index contributed by atoms with van der Waals surface area (Å²) in [6.45, 7) is 0. The first-order valence-electron chi connectivity index (χ1n) is 5.93. The van der Waals surface area contributed by atoms with Gasteiger partial charge in [0.2, 0.25) is 0 Å². The first-order chi connectivity index (χ1) is 9.31. The van der Waals surface area contributed by atoms with Crippen LogP contribution < -0.4 is 14.2 Å². The highest BCUT2D eigenvalue weighted by Crippen LogP contribution is 2.23. The zero-order valence-corrected chi connectivity index (χ0v) is 11.0. The van der Waals surface area contributed by atoms with Gasteiger partial charge >= 0.3 is 0 Å². The van der Waals surface area contributed by atoms with Gasteiger partial charge in [-0.2, -0.15) is 0 Å². The van der Waals surface area contributed by atoms with Crippen molar-refractivity contribution in [1.29, 1.82) is 0 Å². The molecule has 3 heteroatoms. The molecule has 0 unspecified atom stereocenters. The van der Waals surface area contributed by atoms with Gasteiger partial charge in [-0.05, 0) is 35.9 Å². The molecule has 0 saturated carbocycles. The fraction of sp³-hybridized carbons (Fsp3) is 0.125. The van der Waals surface area contributed by atoms with E-state index in [1.165, 1.54) is 0 Å². The predicted octanol–water partition coefficient (Wildman–Crippen LogP) is 3.75. The fourth-order valence-electron chi connectivity index (χ4n) is 1.62. The topological polar surface area (TPSA) is 27.7 Å². The molecule has 0 aliphatic carbocycles. The number of rotatable bonds is 5. The summed E-state index contributed by atoms with van der Waals surface area (Å²) in [7, 11) is 3.26. The van der Waals surface area contributed by atoms with Crippen molar-refractivity contribution in [3.8, 4) is 17.2 Å². The molecule has 0 spiro atoms. The Kier molecular flexibility index (Phi) is 4.45. The normalized spacial score (nSPS) is 10.4. The molecule has 0 radical (unpaired) electrons. The Hall–Kier alpha value is -2.42. The number of para-hydroxylation sites is 1. The number of hydrogen-bond acceptors (Lipinski definition) is 3. The largest absolute Gasteiger partial charge is 0.497 e. The summed E-state index contributed by atoms with van der Waals surface area (Å²) in [4.78, 5) is 0. The first-order valence-corrected chi connectivity index (χ1v) is 5.93. The lowest BCUT2D eigenvalue weighted by Crippen LogP contribution is -1.88. The van der Waals surface area contributed by atoms with Gasteiger partial charge in [0.05, 0.1) is 20.5 Å². The standard InChI is InChI=1S/C16H16O3/c1-17-15-10-13(11-16(12-15)18-2)8-9-19-14-6-4-3-5-7-14/h3-12H,1-2H3/b9-8+. The molecule has 0 bridgehead atoms. The Bertz CT molecular complexity index is 525. The number of ether oxygens (including phenoxy) is 3. The van der Waals surface area contributed by atoms with Crippen LogP contribution in [0.5, 0.6) is 17.2 Å². The van der Waals surface area contributed by atoms with E-state index in [0.717, 1.165) is 22.8 Å². The zero-order chi connectivity index (χ0) is 13.5. The first kappa shape index (κ1) is 13.0. The molecule has 0 fully saturated rings. The molecule has 2 aromatic carbocycles. The lowest BCUT2D eigenvalue weighted by atomic mass is 10.2. The van der Waals surface area contributed by atoms with Crippen LogP contribution in [0.25, 0.3) is 6.08 Å². The summed E-state index contributed by atoms with van der Waals surface area (Å²) < 4.78 is 15.9. The molecule has 0 N–H and O–H groups in total. The number of hydrogen-bond donors (Lipinski definition) is 0. The lowest BCUT2D eigenvalue weighted by molar-refractivity contribution is 0.394. The Morgan fingerprint density at radius 1 is 0.789 bits per heavy atom. The molecule has 3 nitrogen and oxygen atoms in total. The Morgan fingerprint density at radius 3 is 2.00 bits per heavy atom. The molecule has 19 heavy (non-hydrogen) atoms. The van der Waals surface area contributed by atoms with Crippen molar-refractivity contribution >= 4 is 6.08 Å². The minimum absolute atomic E-state index is 0.749. The lowest BCUT2D eigenvalue weighted by Gasteiger charge is -2.05. The number of methoxy groups -OCH3 is 2. The predicted molar refractivity (Wildman–Crippen MR) is 75.7 cm³/mol. The van der Waals surface area contributed by atoms with Crippen LogP contribution in [-0.4, -0.2) is 14.2 Å². The summed E-state index contributed by atoms with van der Waals surface area (Å²) >= 11 is 0. The summed E-state index contributed by atoms with van der Waals surface area (Å²) in [6.07, 6.45) is 3.50. The van der Waals surface area contributed by atoms with Gasteiger partial charge in [-0.15, -0.1) is 0 Å².